The third kappa shape index (κ3) is 8.41. The molecule has 4 aromatic rings. The van der Waals surface area contributed by atoms with E-state index in [1.807, 2.05) is 37.3 Å². The van der Waals surface area contributed by atoms with Crippen LogP contribution in [0.4, 0.5) is 21.7 Å². The lowest BCUT2D eigenvalue weighted by Gasteiger charge is -2.17. The smallest absolute Gasteiger partial charge is 0.260 e. The molecule has 222 valence electrons. The summed E-state index contributed by atoms with van der Waals surface area (Å²) in [6.45, 7) is 3.40. The first-order valence-corrected chi connectivity index (χ1v) is 14.1. The maximum absolute atomic E-state index is 14.6. The van der Waals surface area contributed by atoms with Crippen LogP contribution in [0.2, 0.25) is 0 Å². The van der Waals surface area contributed by atoms with Crippen molar-refractivity contribution in [2.75, 3.05) is 30.3 Å². The lowest BCUT2D eigenvalue weighted by molar-refractivity contribution is -0.128. The minimum Gasteiger partial charge on any atom is -0.492 e. The highest BCUT2D eigenvalue weighted by Crippen LogP contribution is 2.30. The summed E-state index contributed by atoms with van der Waals surface area (Å²) in [5.41, 5.74) is 1.01. The standard InChI is InChI=1S/C32H32FN5O5/c1-2-7-29(39)35-22-18-23(20-27(19-22)41-17-16-38-15-6-10-30(38)40)36-32-34-21-28(33)31(37-32)43-26-13-11-25(12-14-26)42-24-8-4-3-5-9-24/h3-5,8-9,11-14,18-21H,2,6-7,10,15-17H2,1H3,(H,35,39)(H,34,36,37). The molecule has 0 aliphatic carbocycles. The largest absolute Gasteiger partial charge is 0.492 e. The van der Waals surface area contributed by atoms with Gasteiger partial charge in [0.15, 0.2) is 0 Å². The predicted molar refractivity (Wildman–Crippen MR) is 160 cm³/mol. The minimum absolute atomic E-state index is 0.0751. The summed E-state index contributed by atoms with van der Waals surface area (Å²) in [4.78, 5) is 34.2. The zero-order valence-corrected chi connectivity index (χ0v) is 23.7. The average Bonchev–Trinajstić information content (AvgIpc) is 3.40. The maximum Gasteiger partial charge on any atom is 0.260 e. The number of rotatable bonds is 13. The van der Waals surface area contributed by atoms with Crippen molar-refractivity contribution >= 4 is 29.1 Å². The maximum atomic E-state index is 14.6. The zero-order chi connectivity index (χ0) is 30.0. The van der Waals surface area contributed by atoms with Crippen LogP contribution in [-0.4, -0.2) is 46.4 Å². The van der Waals surface area contributed by atoms with E-state index in [0.29, 0.717) is 60.2 Å². The van der Waals surface area contributed by atoms with Crippen molar-refractivity contribution in [1.82, 2.24) is 14.9 Å². The van der Waals surface area contributed by atoms with Crippen LogP contribution in [0, 0.1) is 5.82 Å². The van der Waals surface area contributed by atoms with Crippen LogP contribution in [0.25, 0.3) is 0 Å². The van der Waals surface area contributed by atoms with Crippen molar-refractivity contribution in [3.05, 3.63) is 84.8 Å². The van der Waals surface area contributed by atoms with Gasteiger partial charge in [-0.25, -0.2) is 4.98 Å². The molecule has 1 saturated heterocycles. The van der Waals surface area contributed by atoms with E-state index >= 15 is 0 Å². The molecule has 0 spiro atoms. The van der Waals surface area contributed by atoms with Gasteiger partial charge in [-0.3, -0.25) is 9.59 Å². The summed E-state index contributed by atoms with van der Waals surface area (Å²) < 4.78 is 32.0. The Balaban J connectivity index is 1.28. The van der Waals surface area contributed by atoms with Crippen molar-refractivity contribution in [2.24, 2.45) is 0 Å². The molecule has 2 amide bonds. The quantitative estimate of drug-likeness (QED) is 0.179. The van der Waals surface area contributed by atoms with Gasteiger partial charge in [0.2, 0.25) is 23.6 Å². The van der Waals surface area contributed by atoms with Gasteiger partial charge in [0.25, 0.3) is 5.88 Å². The van der Waals surface area contributed by atoms with Crippen LogP contribution < -0.4 is 24.8 Å². The summed E-state index contributed by atoms with van der Waals surface area (Å²) >= 11 is 0. The monoisotopic (exact) mass is 585 g/mol. The predicted octanol–water partition coefficient (Wildman–Crippen LogP) is 6.68. The van der Waals surface area contributed by atoms with Crippen LogP contribution in [0.15, 0.2) is 79.0 Å². The number of amides is 2. The Morgan fingerprint density at radius 3 is 2.40 bits per heavy atom. The summed E-state index contributed by atoms with van der Waals surface area (Å²) in [7, 11) is 0. The molecular formula is C32H32FN5O5. The molecule has 1 aliphatic rings. The normalized spacial score (nSPS) is 12.6. The molecular weight excluding hydrogens is 553 g/mol. The van der Waals surface area contributed by atoms with Gasteiger partial charge in [0.1, 0.15) is 29.6 Å². The van der Waals surface area contributed by atoms with Gasteiger partial charge in [-0.1, -0.05) is 25.1 Å². The molecule has 2 N–H and O–H groups in total. The third-order valence-corrected chi connectivity index (χ3v) is 6.45. The molecule has 0 unspecified atom stereocenters. The van der Waals surface area contributed by atoms with Crippen LogP contribution in [-0.2, 0) is 9.59 Å². The molecule has 5 rings (SSSR count). The highest BCUT2D eigenvalue weighted by atomic mass is 19.1. The van der Waals surface area contributed by atoms with E-state index < -0.39 is 5.82 Å². The molecule has 0 bridgehead atoms. The molecule has 1 aromatic heterocycles. The number of nitrogens with zero attached hydrogens (tertiary/aromatic N) is 3. The fourth-order valence-corrected chi connectivity index (χ4v) is 4.42. The fraction of sp³-hybridized carbons (Fsp3) is 0.250. The number of carbonyl (C=O) groups excluding carboxylic acids is 2. The fourth-order valence-electron chi connectivity index (χ4n) is 4.42. The van der Waals surface area contributed by atoms with Crippen molar-refractivity contribution in [3.63, 3.8) is 0 Å². The number of likely N-dealkylation sites (tertiary alicyclic amines) is 1. The molecule has 0 radical (unpaired) electrons. The molecule has 0 saturated carbocycles. The Morgan fingerprint density at radius 1 is 0.953 bits per heavy atom. The average molecular weight is 586 g/mol. The van der Waals surface area contributed by atoms with Gasteiger partial charge in [0.05, 0.1) is 12.7 Å². The van der Waals surface area contributed by atoms with E-state index in [4.69, 9.17) is 14.2 Å². The number of hydrogen-bond donors (Lipinski definition) is 2. The Morgan fingerprint density at radius 2 is 1.67 bits per heavy atom. The van der Waals surface area contributed by atoms with Gasteiger partial charge < -0.3 is 29.7 Å². The zero-order valence-electron chi connectivity index (χ0n) is 23.7. The summed E-state index contributed by atoms with van der Waals surface area (Å²) in [5.74, 6) is 1.17. The van der Waals surface area contributed by atoms with E-state index in [1.165, 1.54) is 0 Å². The van der Waals surface area contributed by atoms with Gasteiger partial charge in [-0.2, -0.15) is 9.37 Å². The van der Waals surface area contributed by atoms with E-state index in [0.717, 1.165) is 19.2 Å². The van der Waals surface area contributed by atoms with Crippen LogP contribution in [0.5, 0.6) is 28.9 Å². The summed E-state index contributed by atoms with van der Waals surface area (Å²) in [6, 6.07) is 21.2. The highest BCUT2D eigenvalue weighted by molar-refractivity contribution is 5.91. The van der Waals surface area contributed by atoms with Gasteiger partial charge in [-0.05, 0) is 55.3 Å². The van der Waals surface area contributed by atoms with E-state index in [-0.39, 0.29) is 30.2 Å². The number of anilines is 3. The van der Waals surface area contributed by atoms with Crippen LogP contribution >= 0.6 is 0 Å². The van der Waals surface area contributed by atoms with E-state index in [1.54, 1.807) is 47.4 Å². The molecule has 10 nitrogen and oxygen atoms in total. The lowest BCUT2D eigenvalue weighted by Crippen LogP contribution is -2.29. The minimum atomic E-state index is -0.740. The van der Waals surface area contributed by atoms with Gasteiger partial charge in [0, 0.05) is 42.9 Å². The molecule has 2 heterocycles. The van der Waals surface area contributed by atoms with E-state index in [2.05, 4.69) is 20.6 Å². The Kier molecular flexibility index (Phi) is 9.63. The number of benzene rings is 3. The summed E-state index contributed by atoms with van der Waals surface area (Å²) in [6.07, 6.45) is 3.49. The van der Waals surface area contributed by atoms with Crippen LogP contribution in [0.3, 0.4) is 0 Å². The number of ether oxygens (including phenoxy) is 3. The molecule has 1 fully saturated rings. The van der Waals surface area contributed by atoms with Crippen LogP contribution in [0.1, 0.15) is 32.6 Å². The first-order valence-electron chi connectivity index (χ1n) is 14.1. The molecule has 3 aromatic carbocycles. The number of hydrogen-bond acceptors (Lipinski definition) is 8. The second kappa shape index (κ2) is 14.1. The second-order valence-electron chi connectivity index (χ2n) is 9.84. The molecule has 11 heteroatoms. The molecule has 0 atom stereocenters. The Hall–Kier alpha value is -5.19. The first kappa shape index (κ1) is 29.3. The molecule has 43 heavy (non-hydrogen) atoms. The Labute approximate surface area is 248 Å². The van der Waals surface area contributed by atoms with Crippen molar-refractivity contribution < 1.29 is 28.2 Å². The number of carbonyl (C=O) groups is 2. The lowest BCUT2D eigenvalue weighted by atomic mass is 10.2. The van der Waals surface area contributed by atoms with Crippen molar-refractivity contribution in [3.8, 4) is 28.9 Å². The van der Waals surface area contributed by atoms with Crippen molar-refractivity contribution in [1.29, 1.82) is 0 Å². The van der Waals surface area contributed by atoms with E-state index in [9.17, 15) is 14.0 Å². The SMILES string of the molecule is CCCC(=O)Nc1cc(Nc2ncc(F)c(Oc3ccc(Oc4ccccc4)cc3)n2)cc(OCCN2CCCC2=O)c1. The first-order chi connectivity index (χ1) is 20.9. The Bertz CT molecular complexity index is 1550. The van der Waals surface area contributed by atoms with Gasteiger partial charge >= 0.3 is 0 Å². The summed E-state index contributed by atoms with van der Waals surface area (Å²) in [5, 5.41) is 5.90. The topological polar surface area (TPSA) is 115 Å². The highest BCUT2D eigenvalue weighted by Gasteiger charge is 2.19. The van der Waals surface area contributed by atoms with Gasteiger partial charge in [-0.15, -0.1) is 0 Å². The number of nitrogens with one attached hydrogen (secondary N) is 2. The van der Waals surface area contributed by atoms with Crippen molar-refractivity contribution in [2.45, 2.75) is 32.6 Å². The third-order valence-electron chi connectivity index (χ3n) is 6.45. The molecule has 1 aliphatic heterocycles. The second-order valence-corrected chi connectivity index (χ2v) is 9.84. The number of aromatic nitrogens is 2. The number of halogens is 1. The number of para-hydroxylation sites is 1.